The van der Waals surface area contributed by atoms with Crippen LogP contribution in [-0.2, 0) is 16.0 Å². The fraction of sp³-hybridized carbons (Fsp3) is 0.304. The second kappa shape index (κ2) is 10.9. The van der Waals surface area contributed by atoms with Crippen LogP contribution >= 0.6 is 0 Å². The van der Waals surface area contributed by atoms with Gasteiger partial charge < -0.3 is 15.5 Å². The molecule has 0 aromatic heterocycles. The van der Waals surface area contributed by atoms with Crippen molar-refractivity contribution in [1.82, 2.24) is 10.6 Å². The molecular weight excluding hydrogens is 350 g/mol. The summed E-state index contributed by atoms with van der Waals surface area (Å²) in [5.41, 5.74) is 3.35. The summed E-state index contributed by atoms with van der Waals surface area (Å²) in [6.45, 7) is 2.26. The molecule has 28 heavy (non-hydrogen) atoms. The molecule has 0 heterocycles. The number of carbonyl (C=O) groups excluding carboxylic acids is 2. The van der Waals surface area contributed by atoms with Crippen molar-refractivity contribution in [2.75, 3.05) is 25.5 Å². The van der Waals surface area contributed by atoms with E-state index in [9.17, 15) is 9.59 Å². The van der Waals surface area contributed by atoms with Crippen LogP contribution in [0.2, 0.25) is 0 Å². The van der Waals surface area contributed by atoms with Crippen molar-refractivity contribution in [3.05, 3.63) is 71.8 Å². The Labute approximate surface area is 167 Å². The summed E-state index contributed by atoms with van der Waals surface area (Å²) >= 11 is 0. The Kier molecular flexibility index (Phi) is 8.28. The molecule has 2 N–H and O–H groups in total. The van der Waals surface area contributed by atoms with Crippen molar-refractivity contribution in [3.8, 4) is 0 Å². The number of nitrogens with one attached hydrogen (secondary N) is 2. The third kappa shape index (κ3) is 7.27. The zero-order chi connectivity index (χ0) is 20.4. The van der Waals surface area contributed by atoms with Gasteiger partial charge in [0, 0.05) is 32.4 Å². The van der Waals surface area contributed by atoms with Gasteiger partial charge >= 0.3 is 0 Å². The lowest BCUT2D eigenvalue weighted by Gasteiger charge is -2.14. The van der Waals surface area contributed by atoms with Crippen LogP contribution in [0.4, 0.5) is 5.69 Å². The molecule has 0 aliphatic rings. The monoisotopic (exact) mass is 379 g/mol. The summed E-state index contributed by atoms with van der Waals surface area (Å²) in [5, 5.41) is 5.56. The summed E-state index contributed by atoms with van der Waals surface area (Å²) in [4.78, 5) is 26.1. The molecule has 0 saturated heterocycles. The number of rotatable bonds is 9. The maximum atomic E-state index is 12.1. The van der Waals surface area contributed by atoms with Gasteiger partial charge in [0.15, 0.2) is 0 Å². The van der Waals surface area contributed by atoms with Gasteiger partial charge in [-0.15, -0.1) is 0 Å². The SMILES string of the molecule is CC(NC(=O)/C=C/c1ccccc1)C(=O)NCCCc1ccc(N(C)C)cc1. The number of anilines is 1. The van der Waals surface area contributed by atoms with E-state index in [1.165, 1.54) is 17.3 Å². The molecule has 0 spiro atoms. The summed E-state index contributed by atoms with van der Waals surface area (Å²) in [6.07, 6.45) is 4.91. The first-order valence-corrected chi connectivity index (χ1v) is 9.53. The van der Waals surface area contributed by atoms with Crippen LogP contribution in [0.5, 0.6) is 0 Å². The molecule has 2 rings (SSSR count). The molecule has 0 bridgehead atoms. The lowest BCUT2D eigenvalue weighted by Crippen LogP contribution is -2.44. The fourth-order valence-corrected chi connectivity index (χ4v) is 2.68. The van der Waals surface area contributed by atoms with Gasteiger partial charge in [-0.25, -0.2) is 0 Å². The van der Waals surface area contributed by atoms with E-state index in [4.69, 9.17) is 0 Å². The minimum Gasteiger partial charge on any atom is -0.378 e. The minimum atomic E-state index is -0.577. The molecule has 5 nitrogen and oxygen atoms in total. The van der Waals surface area contributed by atoms with Gasteiger partial charge in [0.1, 0.15) is 6.04 Å². The van der Waals surface area contributed by atoms with Crippen LogP contribution in [0.3, 0.4) is 0 Å². The maximum Gasteiger partial charge on any atom is 0.244 e. The third-order valence-corrected chi connectivity index (χ3v) is 4.37. The number of hydrogen-bond acceptors (Lipinski definition) is 3. The Morgan fingerprint density at radius 1 is 1.04 bits per heavy atom. The average Bonchev–Trinajstić information content (AvgIpc) is 2.70. The van der Waals surface area contributed by atoms with Crippen LogP contribution in [0.1, 0.15) is 24.5 Å². The van der Waals surface area contributed by atoms with E-state index in [0.29, 0.717) is 6.54 Å². The van der Waals surface area contributed by atoms with Crippen LogP contribution in [0, 0.1) is 0 Å². The summed E-state index contributed by atoms with van der Waals surface area (Å²) in [7, 11) is 4.03. The third-order valence-electron chi connectivity index (χ3n) is 4.37. The van der Waals surface area contributed by atoms with Gasteiger partial charge in [0.2, 0.25) is 11.8 Å². The summed E-state index contributed by atoms with van der Waals surface area (Å²) < 4.78 is 0. The number of carbonyl (C=O) groups is 2. The van der Waals surface area contributed by atoms with Gasteiger partial charge in [-0.05, 0) is 49.1 Å². The van der Waals surface area contributed by atoms with Crippen molar-refractivity contribution in [2.45, 2.75) is 25.8 Å². The molecule has 1 unspecified atom stereocenters. The van der Waals surface area contributed by atoms with E-state index in [2.05, 4.69) is 39.8 Å². The van der Waals surface area contributed by atoms with E-state index in [-0.39, 0.29) is 11.8 Å². The van der Waals surface area contributed by atoms with Gasteiger partial charge in [-0.1, -0.05) is 42.5 Å². The molecule has 0 aliphatic carbocycles. The van der Waals surface area contributed by atoms with E-state index in [1.807, 2.05) is 44.4 Å². The molecule has 0 fully saturated rings. The zero-order valence-corrected chi connectivity index (χ0v) is 16.8. The molecule has 148 valence electrons. The highest BCUT2D eigenvalue weighted by Gasteiger charge is 2.13. The van der Waals surface area contributed by atoms with E-state index < -0.39 is 6.04 Å². The summed E-state index contributed by atoms with van der Waals surface area (Å²) in [6, 6.07) is 17.4. The van der Waals surface area contributed by atoms with Crippen LogP contribution in [0.15, 0.2) is 60.7 Å². The van der Waals surface area contributed by atoms with Gasteiger partial charge in [-0.2, -0.15) is 0 Å². The van der Waals surface area contributed by atoms with Crippen LogP contribution in [-0.4, -0.2) is 38.5 Å². The Morgan fingerprint density at radius 2 is 1.71 bits per heavy atom. The second-order valence-electron chi connectivity index (χ2n) is 6.93. The predicted octanol–water partition coefficient (Wildman–Crippen LogP) is 3.02. The molecule has 2 amide bonds. The van der Waals surface area contributed by atoms with Crippen molar-refractivity contribution in [1.29, 1.82) is 0 Å². The Morgan fingerprint density at radius 3 is 2.36 bits per heavy atom. The van der Waals surface area contributed by atoms with Crippen molar-refractivity contribution < 1.29 is 9.59 Å². The van der Waals surface area contributed by atoms with Crippen molar-refractivity contribution in [3.63, 3.8) is 0 Å². The van der Waals surface area contributed by atoms with Gasteiger partial charge in [0.25, 0.3) is 0 Å². The lowest BCUT2D eigenvalue weighted by molar-refractivity contribution is -0.126. The van der Waals surface area contributed by atoms with Crippen molar-refractivity contribution >= 4 is 23.6 Å². The zero-order valence-electron chi connectivity index (χ0n) is 16.8. The number of amides is 2. The van der Waals surface area contributed by atoms with E-state index in [0.717, 1.165) is 18.4 Å². The molecule has 5 heteroatoms. The normalized spacial score (nSPS) is 11.8. The largest absolute Gasteiger partial charge is 0.378 e. The number of aryl methyl sites for hydroxylation is 1. The average molecular weight is 380 g/mol. The van der Waals surface area contributed by atoms with Crippen LogP contribution < -0.4 is 15.5 Å². The topological polar surface area (TPSA) is 61.4 Å². The number of nitrogens with zero attached hydrogens (tertiary/aromatic N) is 1. The van der Waals surface area contributed by atoms with Gasteiger partial charge in [-0.3, -0.25) is 9.59 Å². The quantitative estimate of drug-likeness (QED) is 0.520. The second-order valence-corrected chi connectivity index (χ2v) is 6.93. The highest BCUT2D eigenvalue weighted by molar-refractivity contribution is 5.95. The van der Waals surface area contributed by atoms with E-state index >= 15 is 0 Å². The minimum absolute atomic E-state index is 0.176. The molecule has 2 aromatic rings. The van der Waals surface area contributed by atoms with Crippen LogP contribution in [0.25, 0.3) is 6.08 Å². The Balaban J connectivity index is 1.67. The Hall–Kier alpha value is -3.08. The van der Waals surface area contributed by atoms with Gasteiger partial charge in [0.05, 0.1) is 0 Å². The fourth-order valence-electron chi connectivity index (χ4n) is 2.68. The number of hydrogen-bond donors (Lipinski definition) is 2. The van der Waals surface area contributed by atoms with Crippen molar-refractivity contribution in [2.24, 2.45) is 0 Å². The molecule has 2 aromatic carbocycles. The lowest BCUT2D eigenvalue weighted by atomic mass is 10.1. The predicted molar refractivity (Wildman–Crippen MR) is 115 cm³/mol. The molecule has 0 aliphatic heterocycles. The summed E-state index contributed by atoms with van der Waals surface area (Å²) in [5.74, 6) is -0.461. The maximum absolute atomic E-state index is 12.1. The standard InChI is InChI=1S/C23H29N3O2/c1-18(25-22(27)16-13-19-8-5-4-6-9-19)23(28)24-17-7-10-20-11-14-21(15-12-20)26(2)3/h4-6,8-9,11-16,18H,7,10,17H2,1-3H3,(H,24,28)(H,25,27)/b16-13+. The highest BCUT2D eigenvalue weighted by Crippen LogP contribution is 2.13. The Bertz CT molecular complexity index is 783. The molecule has 1 atom stereocenters. The first-order valence-electron chi connectivity index (χ1n) is 9.53. The van der Waals surface area contributed by atoms with E-state index in [1.54, 1.807) is 13.0 Å². The molecular formula is C23H29N3O2. The highest BCUT2D eigenvalue weighted by atomic mass is 16.2. The smallest absolute Gasteiger partial charge is 0.244 e. The molecule has 0 saturated carbocycles. The molecule has 0 radical (unpaired) electrons. The first-order chi connectivity index (χ1) is 13.5. The number of benzene rings is 2. The first kappa shape index (κ1) is 21.2.